The van der Waals surface area contributed by atoms with Crippen LogP contribution in [0.2, 0.25) is 5.02 Å². The lowest BCUT2D eigenvalue weighted by Gasteiger charge is -2.06. The number of rotatable bonds is 4. The van der Waals surface area contributed by atoms with Crippen LogP contribution < -0.4 is 4.74 Å². The molecule has 0 saturated heterocycles. The molecular weight excluding hydrogens is 204 g/mol. The zero-order valence-electron chi connectivity index (χ0n) is 7.75. The highest BCUT2D eigenvalue weighted by atomic mass is 35.5. The molecule has 1 radical (unpaired) electrons. The van der Waals surface area contributed by atoms with Gasteiger partial charge < -0.3 is 9.47 Å². The van der Waals surface area contributed by atoms with Gasteiger partial charge in [0.2, 0.25) is 0 Å². The van der Waals surface area contributed by atoms with Crippen LogP contribution in [-0.2, 0) is 9.53 Å². The second-order valence-electron chi connectivity index (χ2n) is 2.45. The third kappa shape index (κ3) is 3.26. The molecule has 0 saturated carbocycles. The Kier molecular flexibility index (Phi) is 4.26. The van der Waals surface area contributed by atoms with Gasteiger partial charge in [-0.15, -0.1) is 0 Å². The molecule has 1 rings (SSSR count). The molecule has 14 heavy (non-hydrogen) atoms. The molecule has 0 fully saturated rings. The number of hydrogen-bond donors (Lipinski definition) is 0. The number of carbonyl (C=O) groups is 1. The van der Waals surface area contributed by atoms with Crippen LogP contribution in [-0.4, -0.2) is 19.2 Å². The van der Waals surface area contributed by atoms with Gasteiger partial charge in [-0.25, -0.2) is 4.79 Å². The minimum Gasteiger partial charge on any atom is -0.480 e. The highest BCUT2D eigenvalue weighted by molar-refractivity contribution is 6.32. The molecule has 4 heteroatoms. The van der Waals surface area contributed by atoms with E-state index in [1.807, 2.05) is 0 Å². The van der Waals surface area contributed by atoms with Crippen LogP contribution >= 0.6 is 11.6 Å². The number of halogens is 1. The number of ether oxygens (including phenoxy) is 2. The highest BCUT2D eigenvalue weighted by Crippen LogP contribution is 2.22. The molecule has 0 aliphatic heterocycles. The Morgan fingerprint density at radius 1 is 1.64 bits per heavy atom. The first kappa shape index (κ1) is 10.9. The first-order valence-electron chi connectivity index (χ1n) is 4.18. The number of benzene rings is 1. The monoisotopic (exact) mass is 213 g/mol. The third-order valence-electron chi connectivity index (χ3n) is 1.43. The van der Waals surface area contributed by atoms with Crippen LogP contribution in [0.5, 0.6) is 5.75 Å². The van der Waals surface area contributed by atoms with Crippen molar-refractivity contribution in [3.63, 3.8) is 0 Å². The maximum absolute atomic E-state index is 10.9. The summed E-state index contributed by atoms with van der Waals surface area (Å²) in [5.74, 6) is 0.0508. The van der Waals surface area contributed by atoms with Crippen molar-refractivity contribution in [1.29, 1.82) is 0 Å². The molecule has 0 bridgehead atoms. The van der Waals surface area contributed by atoms with Crippen molar-refractivity contribution < 1.29 is 14.3 Å². The van der Waals surface area contributed by atoms with Crippen LogP contribution in [0, 0.1) is 6.07 Å². The van der Waals surface area contributed by atoms with E-state index in [0.717, 1.165) is 0 Å². The summed E-state index contributed by atoms with van der Waals surface area (Å²) in [7, 11) is 0. The standard InChI is InChI=1S/C10H10ClO3/c1-2-13-10(12)7-14-9-6-4-3-5-8(9)11/h4-6H,2,7H2,1H3. The SMILES string of the molecule is CCOC(=O)COc1cc[c]cc1Cl. The average Bonchev–Trinajstić information content (AvgIpc) is 2.17. The molecule has 75 valence electrons. The first-order chi connectivity index (χ1) is 6.74. The summed E-state index contributed by atoms with van der Waals surface area (Å²) < 4.78 is 9.81. The molecule has 0 spiro atoms. The van der Waals surface area contributed by atoms with Crippen LogP contribution in [0.25, 0.3) is 0 Å². The van der Waals surface area contributed by atoms with E-state index in [4.69, 9.17) is 16.3 Å². The largest absolute Gasteiger partial charge is 0.480 e. The Hall–Kier alpha value is -1.22. The molecule has 0 aromatic heterocycles. The fraction of sp³-hybridized carbons (Fsp3) is 0.300. The minimum atomic E-state index is -0.406. The highest BCUT2D eigenvalue weighted by Gasteiger charge is 2.04. The molecule has 0 unspecified atom stereocenters. The molecule has 1 aromatic rings. The lowest BCUT2D eigenvalue weighted by atomic mass is 10.3. The summed E-state index contributed by atoms with van der Waals surface area (Å²) in [6.45, 7) is 1.96. The molecule has 0 aliphatic carbocycles. The quantitative estimate of drug-likeness (QED) is 0.719. The Balaban J connectivity index is 2.46. The van der Waals surface area contributed by atoms with Crippen molar-refractivity contribution >= 4 is 17.6 Å². The summed E-state index contributed by atoms with van der Waals surface area (Å²) in [6, 6.07) is 7.66. The van der Waals surface area contributed by atoms with Gasteiger partial charge in [0.15, 0.2) is 6.61 Å². The van der Waals surface area contributed by atoms with E-state index in [-0.39, 0.29) is 6.61 Å². The van der Waals surface area contributed by atoms with E-state index in [1.165, 1.54) is 0 Å². The van der Waals surface area contributed by atoms with Crippen molar-refractivity contribution in [1.82, 2.24) is 0 Å². The van der Waals surface area contributed by atoms with Gasteiger partial charge in [-0.2, -0.15) is 0 Å². The smallest absolute Gasteiger partial charge is 0.344 e. The lowest BCUT2D eigenvalue weighted by Crippen LogP contribution is -2.14. The zero-order valence-corrected chi connectivity index (χ0v) is 8.50. The van der Waals surface area contributed by atoms with Crippen LogP contribution in [0.1, 0.15) is 6.92 Å². The van der Waals surface area contributed by atoms with Crippen LogP contribution in [0.15, 0.2) is 18.2 Å². The van der Waals surface area contributed by atoms with Crippen molar-refractivity contribution in [2.75, 3.05) is 13.2 Å². The number of esters is 1. The predicted octanol–water partition coefficient (Wildman–Crippen LogP) is 2.08. The molecule has 0 atom stereocenters. The zero-order chi connectivity index (χ0) is 10.4. The maximum Gasteiger partial charge on any atom is 0.344 e. The van der Waals surface area contributed by atoms with Crippen molar-refractivity contribution in [2.45, 2.75) is 6.92 Å². The van der Waals surface area contributed by atoms with Crippen LogP contribution in [0.3, 0.4) is 0 Å². The Morgan fingerprint density at radius 2 is 2.43 bits per heavy atom. The van der Waals surface area contributed by atoms with Gasteiger partial charge in [-0.1, -0.05) is 17.7 Å². The summed E-state index contributed by atoms with van der Waals surface area (Å²) in [6.07, 6.45) is 0. The normalized spacial score (nSPS) is 9.57. The average molecular weight is 214 g/mol. The summed E-state index contributed by atoms with van der Waals surface area (Å²) in [4.78, 5) is 10.9. The minimum absolute atomic E-state index is 0.127. The van der Waals surface area contributed by atoms with Gasteiger partial charge in [0.1, 0.15) is 5.75 Å². The van der Waals surface area contributed by atoms with Gasteiger partial charge >= 0.3 is 5.97 Å². The van der Waals surface area contributed by atoms with Gasteiger partial charge in [0.05, 0.1) is 11.6 Å². The molecule has 0 amide bonds. The van der Waals surface area contributed by atoms with Gasteiger partial charge in [-0.05, 0) is 25.1 Å². The molecule has 1 aromatic carbocycles. The van der Waals surface area contributed by atoms with Gasteiger partial charge in [-0.3, -0.25) is 0 Å². The van der Waals surface area contributed by atoms with Crippen LogP contribution in [0.4, 0.5) is 0 Å². The van der Waals surface area contributed by atoms with E-state index in [0.29, 0.717) is 17.4 Å². The van der Waals surface area contributed by atoms with Crippen molar-refractivity contribution in [2.24, 2.45) is 0 Å². The predicted molar refractivity (Wildman–Crippen MR) is 52.4 cm³/mol. The molecule has 0 N–H and O–H groups in total. The fourth-order valence-corrected chi connectivity index (χ4v) is 1.03. The maximum atomic E-state index is 10.9. The Morgan fingerprint density at radius 3 is 3.07 bits per heavy atom. The number of carbonyl (C=O) groups excluding carboxylic acids is 1. The van der Waals surface area contributed by atoms with E-state index in [1.54, 1.807) is 25.1 Å². The molecule has 0 aliphatic rings. The topological polar surface area (TPSA) is 35.5 Å². The second kappa shape index (κ2) is 5.50. The van der Waals surface area contributed by atoms with Crippen molar-refractivity contribution in [3.8, 4) is 5.75 Å². The van der Waals surface area contributed by atoms with Gasteiger partial charge in [0, 0.05) is 0 Å². The van der Waals surface area contributed by atoms with E-state index in [9.17, 15) is 4.79 Å². The Bertz CT molecular complexity index is 312. The molecule has 0 heterocycles. The first-order valence-corrected chi connectivity index (χ1v) is 4.56. The number of hydrogen-bond acceptors (Lipinski definition) is 3. The summed E-state index contributed by atoms with van der Waals surface area (Å²) in [5, 5.41) is 0.428. The second-order valence-corrected chi connectivity index (χ2v) is 2.86. The van der Waals surface area contributed by atoms with Gasteiger partial charge in [0.25, 0.3) is 0 Å². The van der Waals surface area contributed by atoms with Crippen molar-refractivity contribution in [3.05, 3.63) is 29.3 Å². The van der Waals surface area contributed by atoms with E-state index >= 15 is 0 Å². The van der Waals surface area contributed by atoms with E-state index in [2.05, 4.69) is 10.8 Å². The fourth-order valence-electron chi connectivity index (χ4n) is 0.852. The summed E-state index contributed by atoms with van der Waals surface area (Å²) >= 11 is 5.78. The third-order valence-corrected chi connectivity index (χ3v) is 1.72. The molecular formula is C10H10ClO3. The lowest BCUT2D eigenvalue weighted by molar-refractivity contribution is -0.145. The summed E-state index contributed by atoms with van der Waals surface area (Å²) in [5.41, 5.74) is 0. The molecule has 3 nitrogen and oxygen atoms in total. The Labute approximate surface area is 87.6 Å². The van der Waals surface area contributed by atoms with E-state index < -0.39 is 5.97 Å².